The Morgan fingerprint density at radius 2 is 2.20 bits per heavy atom. The molecular weight excluding hydrogens is 259 g/mol. The van der Waals surface area contributed by atoms with E-state index in [0.29, 0.717) is 17.8 Å². The smallest absolute Gasteiger partial charge is 0.242 e. The number of nitrogens with one attached hydrogen (secondary N) is 1. The van der Waals surface area contributed by atoms with Crippen LogP contribution in [0.3, 0.4) is 0 Å². The van der Waals surface area contributed by atoms with Crippen LogP contribution in [-0.2, 0) is 11.3 Å². The van der Waals surface area contributed by atoms with Crippen molar-refractivity contribution < 1.29 is 13.6 Å². The number of rotatable bonds is 5. The molecule has 5 heteroatoms. The highest BCUT2D eigenvalue weighted by atomic mass is 19.1. The van der Waals surface area contributed by atoms with E-state index in [9.17, 15) is 9.18 Å². The number of nitrogens with zero attached hydrogens (tertiary/aromatic N) is 1. The Morgan fingerprint density at radius 3 is 2.85 bits per heavy atom. The molecule has 0 atom stereocenters. The van der Waals surface area contributed by atoms with Crippen LogP contribution in [0.1, 0.15) is 11.3 Å². The van der Waals surface area contributed by atoms with E-state index in [-0.39, 0.29) is 18.3 Å². The quantitative estimate of drug-likeness (QED) is 0.913. The van der Waals surface area contributed by atoms with Crippen molar-refractivity contribution in [2.75, 3.05) is 18.9 Å². The summed E-state index contributed by atoms with van der Waals surface area (Å²) >= 11 is 0. The Balaban J connectivity index is 1.86. The first kappa shape index (κ1) is 14.1. The molecule has 2 aromatic rings. The minimum Gasteiger partial charge on any atom is -0.467 e. The van der Waals surface area contributed by atoms with Gasteiger partial charge in [-0.25, -0.2) is 4.39 Å². The van der Waals surface area contributed by atoms with Crippen LogP contribution < -0.4 is 5.32 Å². The van der Waals surface area contributed by atoms with Crippen LogP contribution in [0, 0.1) is 12.7 Å². The number of likely N-dealkylation sites (N-methyl/N-ethyl adjacent to an activating group) is 1. The fourth-order valence-electron chi connectivity index (χ4n) is 1.74. The van der Waals surface area contributed by atoms with Crippen LogP contribution in [-0.4, -0.2) is 24.4 Å². The summed E-state index contributed by atoms with van der Waals surface area (Å²) in [4.78, 5) is 13.5. The van der Waals surface area contributed by atoms with E-state index in [1.165, 1.54) is 6.07 Å². The first-order chi connectivity index (χ1) is 9.56. The van der Waals surface area contributed by atoms with E-state index < -0.39 is 0 Å². The lowest BCUT2D eigenvalue weighted by molar-refractivity contribution is -0.128. The maximum Gasteiger partial charge on any atom is 0.242 e. The van der Waals surface area contributed by atoms with Crippen molar-refractivity contribution in [3.05, 3.63) is 53.7 Å². The number of aryl methyl sites for hydroxylation is 1. The molecule has 1 aromatic carbocycles. The SMILES string of the molecule is Cc1ccc(NCC(=O)N(C)Cc2ccco2)cc1F. The highest BCUT2D eigenvalue weighted by Crippen LogP contribution is 2.13. The standard InChI is InChI=1S/C15H17FN2O2/c1-11-5-6-12(8-14(11)16)17-9-15(19)18(2)10-13-4-3-7-20-13/h3-8,17H,9-10H2,1-2H3. The molecule has 1 aromatic heterocycles. The van der Waals surface area contributed by atoms with Gasteiger partial charge in [-0.2, -0.15) is 0 Å². The first-order valence-electron chi connectivity index (χ1n) is 6.32. The third-order valence-corrected chi connectivity index (χ3v) is 3.01. The number of carbonyl (C=O) groups excluding carboxylic acids is 1. The van der Waals surface area contributed by atoms with Gasteiger partial charge >= 0.3 is 0 Å². The van der Waals surface area contributed by atoms with Gasteiger partial charge in [-0.3, -0.25) is 4.79 Å². The Morgan fingerprint density at radius 1 is 1.40 bits per heavy atom. The maximum absolute atomic E-state index is 13.4. The average Bonchev–Trinajstić information content (AvgIpc) is 2.92. The number of halogens is 1. The zero-order valence-corrected chi connectivity index (χ0v) is 11.5. The minimum atomic E-state index is -0.286. The molecule has 106 valence electrons. The molecule has 0 spiro atoms. The lowest BCUT2D eigenvalue weighted by atomic mass is 10.2. The molecule has 0 saturated carbocycles. The molecule has 0 unspecified atom stereocenters. The second-order valence-electron chi connectivity index (χ2n) is 4.65. The van der Waals surface area contributed by atoms with Crippen LogP contribution in [0.4, 0.5) is 10.1 Å². The van der Waals surface area contributed by atoms with Gasteiger partial charge in [0.25, 0.3) is 0 Å². The van der Waals surface area contributed by atoms with Gasteiger partial charge in [-0.05, 0) is 36.8 Å². The van der Waals surface area contributed by atoms with Gasteiger partial charge in [0.05, 0.1) is 19.4 Å². The summed E-state index contributed by atoms with van der Waals surface area (Å²) in [5.41, 5.74) is 1.17. The Bertz CT molecular complexity index is 582. The molecule has 20 heavy (non-hydrogen) atoms. The van der Waals surface area contributed by atoms with Crippen molar-refractivity contribution in [3.8, 4) is 0 Å². The van der Waals surface area contributed by atoms with Crippen molar-refractivity contribution >= 4 is 11.6 Å². The largest absolute Gasteiger partial charge is 0.467 e. The van der Waals surface area contributed by atoms with Crippen LogP contribution in [0.2, 0.25) is 0 Å². The van der Waals surface area contributed by atoms with Gasteiger partial charge in [0, 0.05) is 12.7 Å². The second kappa shape index (κ2) is 6.23. The van der Waals surface area contributed by atoms with Gasteiger partial charge < -0.3 is 14.6 Å². The summed E-state index contributed by atoms with van der Waals surface area (Å²) in [6.45, 7) is 2.22. The average molecular weight is 276 g/mol. The van der Waals surface area contributed by atoms with Crippen molar-refractivity contribution in [3.63, 3.8) is 0 Å². The van der Waals surface area contributed by atoms with E-state index in [2.05, 4.69) is 5.32 Å². The molecule has 4 nitrogen and oxygen atoms in total. The normalized spacial score (nSPS) is 10.3. The van der Waals surface area contributed by atoms with Gasteiger partial charge in [0.15, 0.2) is 0 Å². The number of amides is 1. The Hall–Kier alpha value is -2.30. The van der Waals surface area contributed by atoms with Crippen molar-refractivity contribution in [1.82, 2.24) is 4.90 Å². The summed E-state index contributed by atoms with van der Waals surface area (Å²) in [5, 5.41) is 2.91. The maximum atomic E-state index is 13.4. The Labute approximate surface area is 117 Å². The van der Waals surface area contributed by atoms with Gasteiger partial charge in [0.2, 0.25) is 5.91 Å². The predicted molar refractivity (Wildman–Crippen MR) is 74.8 cm³/mol. The highest BCUT2D eigenvalue weighted by Gasteiger charge is 2.10. The number of carbonyl (C=O) groups is 1. The van der Waals surface area contributed by atoms with E-state index >= 15 is 0 Å². The highest BCUT2D eigenvalue weighted by molar-refractivity contribution is 5.80. The van der Waals surface area contributed by atoms with Gasteiger partial charge in [-0.1, -0.05) is 6.07 Å². The fraction of sp³-hybridized carbons (Fsp3) is 0.267. The topological polar surface area (TPSA) is 45.5 Å². The molecule has 0 bridgehead atoms. The molecular formula is C15H17FN2O2. The molecule has 0 radical (unpaired) electrons. The third-order valence-electron chi connectivity index (χ3n) is 3.01. The van der Waals surface area contributed by atoms with Crippen LogP contribution in [0.15, 0.2) is 41.0 Å². The Kier molecular flexibility index (Phi) is 4.40. The molecule has 1 heterocycles. The lowest BCUT2D eigenvalue weighted by Gasteiger charge is -2.16. The van der Waals surface area contributed by atoms with Crippen molar-refractivity contribution in [1.29, 1.82) is 0 Å². The van der Waals surface area contributed by atoms with Gasteiger partial charge in [-0.15, -0.1) is 0 Å². The number of anilines is 1. The molecule has 0 aliphatic rings. The monoisotopic (exact) mass is 276 g/mol. The first-order valence-corrected chi connectivity index (χ1v) is 6.32. The number of hydrogen-bond donors (Lipinski definition) is 1. The van der Waals surface area contributed by atoms with Crippen LogP contribution in [0.5, 0.6) is 0 Å². The van der Waals surface area contributed by atoms with Crippen LogP contribution in [0.25, 0.3) is 0 Å². The fourth-order valence-corrected chi connectivity index (χ4v) is 1.74. The van der Waals surface area contributed by atoms with E-state index in [0.717, 1.165) is 5.76 Å². The molecule has 1 N–H and O–H groups in total. The zero-order chi connectivity index (χ0) is 14.5. The number of hydrogen-bond acceptors (Lipinski definition) is 3. The van der Waals surface area contributed by atoms with Crippen LogP contribution >= 0.6 is 0 Å². The number of furan rings is 1. The zero-order valence-electron chi connectivity index (χ0n) is 11.5. The van der Waals surface area contributed by atoms with E-state index in [1.807, 2.05) is 6.07 Å². The molecule has 0 fully saturated rings. The van der Waals surface area contributed by atoms with Crippen molar-refractivity contribution in [2.45, 2.75) is 13.5 Å². The lowest BCUT2D eigenvalue weighted by Crippen LogP contribution is -2.31. The molecule has 0 saturated heterocycles. The molecule has 0 aliphatic heterocycles. The molecule has 0 aliphatic carbocycles. The van der Waals surface area contributed by atoms with E-state index in [1.54, 1.807) is 43.3 Å². The minimum absolute atomic E-state index is 0.0950. The van der Waals surface area contributed by atoms with E-state index in [4.69, 9.17) is 4.42 Å². The second-order valence-corrected chi connectivity index (χ2v) is 4.65. The number of benzene rings is 1. The molecule has 1 amide bonds. The van der Waals surface area contributed by atoms with Crippen molar-refractivity contribution in [2.24, 2.45) is 0 Å². The summed E-state index contributed by atoms with van der Waals surface area (Å²) in [7, 11) is 1.70. The summed E-state index contributed by atoms with van der Waals surface area (Å²) in [6, 6.07) is 8.40. The third kappa shape index (κ3) is 3.60. The summed E-state index contributed by atoms with van der Waals surface area (Å²) in [6.07, 6.45) is 1.57. The summed E-state index contributed by atoms with van der Waals surface area (Å²) < 4.78 is 18.5. The summed E-state index contributed by atoms with van der Waals surface area (Å²) in [5.74, 6) is 0.344. The van der Waals surface area contributed by atoms with Gasteiger partial charge in [0.1, 0.15) is 11.6 Å². The predicted octanol–water partition coefficient (Wildman–Crippen LogP) is 2.80. The molecule has 2 rings (SSSR count).